The van der Waals surface area contributed by atoms with Crippen molar-refractivity contribution in [3.8, 4) is 0 Å². The van der Waals surface area contributed by atoms with Gasteiger partial charge in [0.1, 0.15) is 11.0 Å². The monoisotopic (exact) mass is 364 g/mol. The minimum absolute atomic E-state index is 0.0219. The first kappa shape index (κ1) is 19.9. The maximum absolute atomic E-state index is 9.05. The second-order valence-electron chi connectivity index (χ2n) is 6.39. The molecule has 0 fully saturated rings. The van der Waals surface area contributed by atoms with Gasteiger partial charge in [-0.3, -0.25) is 0 Å². The van der Waals surface area contributed by atoms with E-state index in [1.54, 1.807) is 0 Å². The summed E-state index contributed by atoms with van der Waals surface area (Å²) in [7, 11) is 0. The highest BCUT2D eigenvalue weighted by atomic mass is 16.3. The third kappa shape index (κ3) is 5.27. The zero-order valence-electron chi connectivity index (χ0n) is 15.7. The van der Waals surface area contributed by atoms with Gasteiger partial charge < -0.3 is 31.5 Å². The van der Waals surface area contributed by atoms with Crippen LogP contribution in [0.1, 0.15) is 27.7 Å². The molecule has 0 atom stereocenters. The van der Waals surface area contributed by atoms with E-state index in [2.05, 4.69) is 41.2 Å². The lowest BCUT2D eigenvalue weighted by Crippen LogP contribution is -2.18. The van der Waals surface area contributed by atoms with E-state index < -0.39 is 0 Å². The van der Waals surface area contributed by atoms with Gasteiger partial charge in [0.25, 0.3) is 0 Å². The molecule has 0 aliphatic carbocycles. The molecule has 2 heterocycles. The normalized spacial score (nSPS) is 11.2. The van der Waals surface area contributed by atoms with Crippen LogP contribution in [0.3, 0.4) is 0 Å². The molecule has 0 bridgehead atoms. The number of aromatic nitrogens is 4. The van der Waals surface area contributed by atoms with Crippen LogP contribution >= 0.6 is 0 Å². The van der Waals surface area contributed by atoms with E-state index in [1.807, 2.05) is 27.7 Å². The molecule has 0 aliphatic heterocycles. The predicted octanol–water partition coefficient (Wildman–Crippen LogP) is 0.869. The van der Waals surface area contributed by atoms with E-state index in [0.29, 0.717) is 47.7 Å². The fraction of sp³-hybridized carbons (Fsp3) is 0.625. The van der Waals surface area contributed by atoms with Crippen molar-refractivity contribution >= 4 is 34.6 Å². The first-order valence-electron chi connectivity index (χ1n) is 8.77. The van der Waals surface area contributed by atoms with Gasteiger partial charge in [0, 0.05) is 25.2 Å². The number of nitrogens with zero attached hydrogens (tertiary/aromatic N) is 4. The third-order valence-corrected chi connectivity index (χ3v) is 3.18. The van der Waals surface area contributed by atoms with E-state index in [-0.39, 0.29) is 25.3 Å². The Bertz CT molecular complexity index is 662. The second-order valence-corrected chi connectivity index (χ2v) is 6.39. The maximum atomic E-state index is 9.05. The molecule has 10 nitrogen and oxygen atoms in total. The Morgan fingerprint density at radius 1 is 0.692 bits per heavy atom. The summed E-state index contributed by atoms with van der Waals surface area (Å²) in [5, 5.41) is 30.6. The van der Waals surface area contributed by atoms with E-state index in [0.717, 1.165) is 0 Å². The van der Waals surface area contributed by atoms with Crippen molar-refractivity contribution in [3.63, 3.8) is 0 Å². The smallest absolute Gasteiger partial charge is 0.225 e. The summed E-state index contributed by atoms with van der Waals surface area (Å²) in [4.78, 5) is 18.0. The molecule has 26 heavy (non-hydrogen) atoms. The molecule has 10 heteroatoms. The number of hydrogen-bond donors (Lipinski definition) is 6. The van der Waals surface area contributed by atoms with Crippen molar-refractivity contribution in [2.24, 2.45) is 0 Å². The molecule has 0 aliphatic rings. The Morgan fingerprint density at radius 2 is 1.08 bits per heavy atom. The van der Waals surface area contributed by atoms with E-state index in [1.165, 1.54) is 0 Å². The number of anilines is 4. The van der Waals surface area contributed by atoms with E-state index in [9.17, 15) is 0 Å². The van der Waals surface area contributed by atoms with E-state index >= 15 is 0 Å². The minimum Gasteiger partial charge on any atom is -0.395 e. The largest absolute Gasteiger partial charge is 0.395 e. The van der Waals surface area contributed by atoms with Crippen molar-refractivity contribution in [1.82, 2.24) is 19.9 Å². The van der Waals surface area contributed by atoms with Crippen LogP contribution < -0.4 is 21.3 Å². The molecule has 6 N–H and O–H groups in total. The number of aliphatic hydroxyl groups is 2. The van der Waals surface area contributed by atoms with Crippen LogP contribution in [0.5, 0.6) is 0 Å². The van der Waals surface area contributed by atoms with E-state index in [4.69, 9.17) is 10.2 Å². The van der Waals surface area contributed by atoms with Crippen molar-refractivity contribution in [1.29, 1.82) is 0 Å². The highest BCUT2D eigenvalue weighted by Gasteiger charge is 2.17. The molecule has 2 aromatic rings. The van der Waals surface area contributed by atoms with Gasteiger partial charge in [-0.05, 0) is 27.7 Å². The van der Waals surface area contributed by atoms with Crippen molar-refractivity contribution in [2.45, 2.75) is 39.8 Å². The Morgan fingerprint density at radius 3 is 1.38 bits per heavy atom. The highest BCUT2D eigenvalue weighted by Crippen LogP contribution is 2.27. The summed E-state index contributed by atoms with van der Waals surface area (Å²) < 4.78 is 0. The molecule has 0 saturated carbocycles. The molecule has 0 aromatic carbocycles. The molecule has 2 aromatic heterocycles. The summed E-state index contributed by atoms with van der Waals surface area (Å²) >= 11 is 0. The van der Waals surface area contributed by atoms with Crippen LogP contribution in [0.2, 0.25) is 0 Å². The lowest BCUT2D eigenvalue weighted by Gasteiger charge is -2.17. The second kappa shape index (κ2) is 9.30. The first-order valence-corrected chi connectivity index (χ1v) is 8.77. The van der Waals surface area contributed by atoms with Crippen LogP contribution in [-0.4, -0.2) is 68.5 Å². The Balaban J connectivity index is 2.61. The van der Waals surface area contributed by atoms with Gasteiger partial charge in [0.15, 0.2) is 11.6 Å². The fourth-order valence-corrected chi connectivity index (χ4v) is 2.26. The molecule has 0 saturated heterocycles. The molecule has 0 radical (unpaired) electrons. The first-order chi connectivity index (χ1) is 12.4. The van der Waals surface area contributed by atoms with Gasteiger partial charge >= 0.3 is 0 Å². The summed E-state index contributed by atoms with van der Waals surface area (Å²) in [6, 6.07) is 0.285. The molecule has 144 valence electrons. The summed E-state index contributed by atoms with van der Waals surface area (Å²) in [6.45, 7) is 8.68. The van der Waals surface area contributed by atoms with Gasteiger partial charge in [-0.15, -0.1) is 0 Å². The Kier molecular flexibility index (Phi) is 7.10. The van der Waals surface area contributed by atoms with Gasteiger partial charge in [-0.1, -0.05) is 0 Å². The lowest BCUT2D eigenvalue weighted by molar-refractivity contribution is 0.310. The molecule has 2 rings (SSSR count). The summed E-state index contributed by atoms with van der Waals surface area (Å²) in [5.74, 6) is 1.93. The van der Waals surface area contributed by atoms with Crippen LogP contribution in [0.15, 0.2) is 0 Å². The number of fused-ring (bicyclic) bond motifs is 1. The average molecular weight is 364 g/mol. The lowest BCUT2D eigenvalue weighted by atomic mass is 10.3. The molecule has 0 spiro atoms. The van der Waals surface area contributed by atoms with Crippen molar-refractivity contribution < 1.29 is 10.2 Å². The average Bonchev–Trinajstić information content (AvgIpc) is 2.57. The molecular weight excluding hydrogens is 336 g/mol. The molecule has 0 unspecified atom stereocenters. The predicted molar refractivity (Wildman–Crippen MR) is 104 cm³/mol. The maximum Gasteiger partial charge on any atom is 0.225 e. The van der Waals surface area contributed by atoms with Crippen molar-refractivity contribution in [3.05, 3.63) is 0 Å². The molecular formula is C16H28N8O2. The van der Waals surface area contributed by atoms with Gasteiger partial charge in [0.05, 0.1) is 13.2 Å². The van der Waals surface area contributed by atoms with Crippen LogP contribution in [0, 0.1) is 0 Å². The number of aliphatic hydroxyl groups excluding tert-OH is 2. The van der Waals surface area contributed by atoms with Crippen LogP contribution in [0.4, 0.5) is 23.5 Å². The Hall–Kier alpha value is -2.46. The quantitative estimate of drug-likeness (QED) is 0.360. The van der Waals surface area contributed by atoms with Crippen LogP contribution in [-0.2, 0) is 0 Å². The fourth-order valence-electron chi connectivity index (χ4n) is 2.26. The highest BCUT2D eigenvalue weighted by molar-refractivity contribution is 5.94. The number of rotatable bonds is 10. The van der Waals surface area contributed by atoms with Gasteiger partial charge in [-0.2, -0.15) is 9.97 Å². The number of hydrogen-bond acceptors (Lipinski definition) is 10. The van der Waals surface area contributed by atoms with Gasteiger partial charge in [0.2, 0.25) is 11.9 Å². The zero-order chi connectivity index (χ0) is 19.1. The standard InChI is InChI=1S/C16H28N8O2/c1-9(2)19-13-11-12(22-15(23-13)17-5-7-25)14(20-10(3)4)24-16(21-11)18-6-8-26/h9-10,25-26H,5-8H2,1-4H3,(H2,17,19,22,23)(H2,18,20,21,24). The zero-order valence-corrected chi connectivity index (χ0v) is 15.7. The van der Waals surface area contributed by atoms with Gasteiger partial charge in [-0.25, -0.2) is 9.97 Å². The minimum atomic E-state index is -0.0219. The van der Waals surface area contributed by atoms with Crippen molar-refractivity contribution in [2.75, 3.05) is 47.6 Å². The van der Waals surface area contributed by atoms with Crippen LogP contribution in [0.25, 0.3) is 11.0 Å². The number of nitrogens with one attached hydrogen (secondary N) is 4. The SMILES string of the molecule is CC(C)Nc1nc(NCCO)nc2c(NC(C)C)nc(NCCO)nc12. The Labute approximate surface area is 152 Å². The topological polar surface area (TPSA) is 140 Å². The third-order valence-electron chi connectivity index (χ3n) is 3.18. The molecule has 0 amide bonds. The summed E-state index contributed by atoms with van der Waals surface area (Å²) in [5.41, 5.74) is 1.15. The summed E-state index contributed by atoms with van der Waals surface area (Å²) in [6.07, 6.45) is 0.